The first-order valence-corrected chi connectivity index (χ1v) is 10.5. The molecule has 0 radical (unpaired) electrons. The van der Waals surface area contributed by atoms with Gasteiger partial charge in [-0.3, -0.25) is 4.79 Å². The van der Waals surface area contributed by atoms with Gasteiger partial charge in [0.1, 0.15) is 5.75 Å². The van der Waals surface area contributed by atoms with Gasteiger partial charge >= 0.3 is 5.97 Å². The minimum Gasteiger partial charge on any atom is -0.490 e. The van der Waals surface area contributed by atoms with Gasteiger partial charge in [-0.2, -0.15) is 0 Å². The number of likely N-dealkylation sites (tertiary alicyclic amines) is 1. The highest BCUT2D eigenvalue weighted by atomic mass is 16.6. The number of ether oxygens (including phenoxy) is 2. The predicted molar refractivity (Wildman–Crippen MR) is 108 cm³/mol. The van der Waals surface area contributed by atoms with Crippen LogP contribution < -0.4 is 4.74 Å². The molecule has 1 spiro atoms. The quantitative estimate of drug-likeness (QED) is 0.732. The van der Waals surface area contributed by atoms with Crippen LogP contribution >= 0.6 is 0 Å². The third kappa shape index (κ3) is 3.28. The van der Waals surface area contributed by atoms with Crippen molar-refractivity contribution < 1.29 is 19.1 Å². The fourth-order valence-electron chi connectivity index (χ4n) is 4.84. The zero-order chi connectivity index (χ0) is 19.8. The summed E-state index contributed by atoms with van der Waals surface area (Å²) < 4.78 is 11.8. The van der Waals surface area contributed by atoms with Crippen LogP contribution in [0, 0.1) is 0 Å². The second-order valence-electron chi connectivity index (χ2n) is 8.31. The molecule has 2 aromatic rings. The van der Waals surface area contributed by atoms with Crippen molar-refractivity contribution in [1.29, 1.82) is 0 Å². The highest BCUT2D eigenvalue weighted by molar-refractivity contribution is 5.96. The molecule has 0 bridgehead atoms. The number of amides is 1. The summed E-state index contributed by atoms with van der Waals surface area (Å²) in [6.45, 7) is 0.968. The summed E-state index contributed by atoms with van der Waals surface area (Å²) in [6, 6.07) is 14.9. The van der Waals surface area contributed by atoms with E-state index in [0.29, 0.717) is 36.7 Å². The van der Waals surface area contributed by atoms with E-state index < -0.39 is 5.60 Å². The Hall–Kier alpha value is -2.82. The summed E-state index contributed by atoms with van der Waals surface area (Å²) in [5.41, 5.74) is 1.45. The summed E-state index contributed by atoms with van der Waals surface area (Å²) >= 11 is 0. The van der Waals surface area contributed by atoms with Gasteiger partial charge in [0, 0.05) is 24.1 Å². The normalized spacial score (nSPS) is 23.9. The fraction of sp³-hybridized carbons (Fsp3) is 0.417. The van der Waals surface area contributed by atoms with E-state index in [1.807, 2.05) is 42.5 Å². The second kappa shape index (κ2) is 7.21. The van der Waals surface area contributed by atoms with Crippen LogP contribution in [0.1, 0.15) is 64.8 Å². The van der Waals surface area contributed by atoms with Crippen LogP contribution in [0.4, 0.5) is 0 Å². The first-order valence-electron chi connectivity index (χ1n) is 10.5. The van der Waals surface area contributed by atoms with Crippen LogP contribution in [-0.4, -0.2) is 36.0 Å². The molecule has 1 unspecified atom stereocenters. The molecule has 2 heterocycles. The van der Waals surface area contributed by atoms with Crippen LogP contribution in [0.5, 0.6) is 5.75 Å². The minimum absolute atomic E-state index is 0.0356. The molecule has 2 aliphatic heterocycles. The molecule has 0 N–H and O–H groups in total. The number of carbonyl (C=O) groups is 2. The molecule has 5 heteroatoms. The number of nitrogens with zero attached hydrogens (tertiary/aromatic N) is 1. The van der Waals surface area contributed by atoms with Crippen LogP contribution in [0.2, 0.25) is 0 Å². The van der Waals surface area contributed by atoms with Crippen LogP contribution in [0.3, 0.4) is 0 Å². The van der Waals surface area contributed by atoms with E-state index in [9.17, 15) is 9.59 Å². The van der Waals surface area contributed by atoms with Crippen molar-refractivity contribution in [1.82, 2.24) is 4.90 Å². The monoisotopic (exact) mass is 391 g/mol. The van der Waals surface area contributed by atoms with Gasteiger partial charge in [0.05, 0.1) is 18.2 Å². The minimum atomic E-state index is -0.701. The van der Waals surface area contributed by atoms with Crippen LogP contribution in [0.15, 0.2) is 48.5 Å². The number of hydrogen-bond donors (Lipinski definition) is 0. The van der Waals surface area contributed by atoms with E-state index in [4.69, 9.17) is 9.47 Å². The molecule has 5 rings (SSSR count). The van der Waals surface area contributed by atoms with E-state index in [0.717, 1.165) is 24.2 Å². The largest absolute Gasteiger partial charge is 0.490 e. The molecule has 1 aliphatic carbocycles. The average molecular weight is 391 g/mol. The van der Waals surface area contributed by atoms with Crippen molar-refractivity contribution in [3.8, 4) is 5.75 Å². The Morgan fingerprint density at radius 1 is 1.03 bits per heavy atom. The van der Waals surface area contributed by atoms with Gasteiger partial charge in [0.15, 0.2) is 5.60 Å². The van der Waals surface area contributed by atoms with Crippen molar-refractivity contribution in [3.05, 3.63) is 65.2 Å². The molecular formula is C24H25NO4. The van der Waals surface area contributed by atoms with Crippen LogP contribution in [-0.2, 0) is 10.3 Å². The molecule has 1 amide bonds. The third-order valence-electron chi connectivity index (χ3n) is 6.40. The Morgan fingerprint density at radius 2 is 1.79 bits per heavy atom. The standard InChI is InChI=1S/C24H25NO4/c26-22(17-10-12-19(13-11-17)28-18-6-2-1-3-7-18)25-15-14-24(16-25)21-9-5-4-8-20(21)23(27)29-24/h4-5,8-13,18H,1-3,6-7,14-16H2. The van der Waals surface area contributed by atoms with E-state index >= 15 is 0 Å². The predicted octanol–water partition coefficient (Wildman–Crippen LogP) is 4.31. The topological polar surface area (TPSA) is 55.8 Å². The zero-order valence-corrected chi connectivity index (χ0v) is 16.4. The van der Waals surface area contributed by atoms with E-state index in [-0.39, 0.29) is 11.9 Å². The van der Waals surface area contributed by atoms with Crippen molar-refractivity contribution in [2.75, 3.05) is 13.1 Å². The van der Waals surface area contributed by atoms with Gasteiger partial charge in [0.25, 0.3) is 5.91 Å². The molecular weight excluding hydrogens is 366 g/mol. The van der Waals surface area contributed by atoms with E-state index in [2.05, 4.69) is 0 Å². The highest BCUT2D eigenvalue weighted by Crippen LogP contribution is 2.43. The number of fused-ring (bicyclic) bond motifs is 2. The van der Waals surface area contributed by atoms with Crippen molar-refractivity contribution >= 4 is 11.9 Å². The molecule has 1 atom stereocenters. The van der Waals surface area contributed by atoms with Gasteiger partial charge < -0.3 is 14.4 Å². The average Bonchev–Trinajstić information content (AvgIpc) is 3.31. The number of rotatable bonds is 3. The molecule has 2 fully saturated rings. The summed E-state index contributed by atoms with van der Waals surface area (Å²) in [7, 11) is 0. The lowest BCUT2D eigenvalue weighted by atomic mass is 9.91. The van der Waals surface area contributed by atoms with Crippen molar-refractivity contribution in [3.63, 3.8) is 0 Å². The van der Waals surface area contributed by atoms with Gasteiger partial charge in [-0.15, -0.1) is 0 Å². The summed E-state index contributed by atoms with van der Waals surface area (Å²) in [6.07, 6.45) is 6.89. The van der Waals surface area contributed by atoms with Gasteiger partial charge in [0.2, 0.25) is 0 Å². The number of hydrogen-bond acceptors (Lipinski definition) is 4. The molecule has 3 aliphatic rings. The number of benzene rings is 2. The lowest BCUT2D eigenvalue weighted by Gasteiger charge is -2.24. The molecule has 2 aromatic carbocycles. The van der Waals surface area contributed by atoms with E-state index in [1.165, 1.54) is 19.3 Å². The maximum absolute atomic E-state index is 13.0. The van der Waals surface area contributed by atoms with Crippen molar-refractivity contribution in [2.45, 2.75) is 50.2 Å². The SMILES string of the molecule is O=C1OC2(CCN(C(=O)c3ccc(OC4CCCCC4)cc3)C2)c2ccccc21. The summed E-state index contributed by atoms with van der Waals surface area (Å²) in [5.74, 6) is 0.496. The highest BCUT2D eigenvalue weighted by Gasteiger charge is 2.50. The maximum atomic E-state index is 13.0. The second-order valence-corrected chi connectivity index (χ2v) is 8.31. The van der Waals surface area contributed by atoms with Gasteiger partial charge in [-0.1, -0.05) is 24.6 Å². The Bertz CT molecular complexity index is 932. The smallest absolute Gasteiger partial charge is 0.339 e. The van der Waals surface area contributed by atoms with Gasteiger partial charge in [-0.05, 0) is 56.0 Å². The molecule has 150 valence electrons. The third-order valence-corrected chi connectivity index (χ3v) is 6.40. The zero-order valence-electron chi connectivity index (χ0n) is 16.4. The van der Waals surface area contributed by atoms with E-state index in [1.54, 1.807) is 11.0 Å². The first-order chi connectivity index (χ1) is 14.1. The van der Waals surface area contributed by atoms with Crippen LogP contribution in [0.25, 0.3) is 0 Å². The molecule has 1 saturated heterocycles. The maximum Gasteiger partial charge on any atom is 0.339 e. The Kier molecular flexibility index (Phi) is 4.53. The number of esters is 1. The summed E-state index contributed by atoms with van der Waals surface area (Å²) in [5, 5.41) is 0. The molecule has 29 heavy (non-hydrogen) atoms. The molecule has 1 saturated carbocycles. The Labute approximate surface area is 170 Å². The first kappa shape index (κ1) is 18.2. The Morgan fingerprint density at radius 3 is 2.59 bits per heavy atom. The Balaban J connectivity index is 1.28. The summed E-state index contributed by atoms with van der Waals surface area (Å²) in [4.78, 5) is 27.0. The lowest BCUT2D eigenvalue weighted by molar-refractivity contribution is -0.00306. The van der Waals surface area contributed by atoms with Gasteiger partial charge in [-0.25, -0.2) is 4.79 Å². The fourth-order valence-corrected chi connectivity index (χ4v) is 4.84. The lowest BCUT2D eigenvalue weighted by Crippen LogP contribution is -2.34. The molecule has 5 nitrogen and oxygen atoms in total. The van der Waals surface area contributed by atoms with Crippen molar-refractivity contribution in [2.24, 2.45) is 0 Å². The molecule has 0 aromatic heterocycles. The number of carbonyl (C=O) groups excluding carboxylic acids is 2.